The molecule has 1 aromatic carbocycles. The number of carboxylic acids is 1. The Labute approximate surface area is 143 Å². The SMILES string of the molecule is Cc1c(N(C)C(=S)SCC(=O)O)c(=O)n(-c2ccccc2)n1C. The van der Waals surface area contributed by atoms with Gasteiger partial charge < -0.3 is 10.0 Å². The van der Waals surface area contributed by atoms with Gasteiger partial charge in [0.15, 0.2) is 0 Å². The van der Waals surface area contributed by atoms with Gasteiger partial charge in [0.25, 0.3) is 5.56 Å². The summed E-state index contributed by atoms with van der Waals surface area (Å²) in [5.41, 5.74) is 1.75. The molecule has 6 nitrogen and oxygen atoms in total. The van der Waals surface area contributed by atoms with Crippen LogP contribution in [0, 0.1) is 6.92 Å². The lowest BCUT2D eigenvalue weighted by atomic mass is 10.3. The first-order valence-electron chi connectivity index (χ1n) is 6.81. The van der Waals surface area contributed by atoms with Crippen molar-refractivity contribution in [3.8, 4) is 5.69 Å². The number of hydrogen-bond acceptors (Lipinski definition) is 4. The number of thiocarbonyl (C=S) groups is 1. The second-order valence-electron chi connectivity index (χ2n) is 4.92. The maximum atomic E-state index is 12.8. The fourth-order valence-electron chi connectivity index (χ4n) is 2.25. The number of carbonyl (C=O) groups is 1. The molecule has 0 radical (unpaired) electrons. The lowest BCUT2D eigenvalue weighted by Crippen LogP contribution is -2.29. The summed E-state index contributed by atoms with van der Waals surface area (Å²) in [6.07, 6.45) is 0. The number of para-hydroxylation sites is 1. The van der Waals surface area contributed by atoms with Gasteiger partial charge in [-0.05, 0) is 19.1 Å². The molecule has 2 aromatic rings. The Morgan fingerprint density at radius 2 is 1.96 bits per heavy atom. The molecular weight excluding hydrogens is 334 g/mol. The van der Waals surface area contributed by atoms with E-state index >= 15 is 0 Å². The van der Waals surface area contributed by atoms with Crippen LogP contribution in [-0.4, -0.2) is 37.6 Å². The molecule has 0 bridgehead atoms. The molecule has 0 amide bonds. The van der Waals surface area contributed by atoms with Crippen LogP contribution in [0.3, 0.4) is 0 Å². The Hall–Kier alpha value is -2.06. The Balaban J connectivity index is 2.43. The molecule has 0 fully saturated rings. The quantitative estimate of drug-likeness (QED) is 0.850. The molecular formula is C15H17N3O3S2. The van der Waals surface area contributed by atoms with Crippen molar-refractivity contribution in [1.82, 2.24) is 9.36 Å². The summed E-state index contributed by atoms with van der Waals surface area (Å²) in [4.78, 5) is 25.1. The van der Waals surface area contributed by atoms with Gasteiger partial charge in [0.1, 0.15) is 10.0 Å². The zero-order chi connectivity index (χ0) is 17.1. The van der Waals surface area contributed by atoms with Crippen molar-refractivity contribution in [2.75, 3.05) is 17.7 Å². The molecule has 0 aliphatic heterocycles. The van der Waals surface area contributed by atoms with Crippen LogP contribution in [0.5, 0.6) is 0 Å². The molecule has 0 saturated heterocycles. The maximum Gasteiger partial charge on any atom is 0.313 e. The van der Waals surface area contributed by atoms with Crippen molar-refractivity contribution in [1.29, 1.82) is 0 Å². The van der Waals surface area contributed by atoms with Crippen molar-refractivity contribution in [2.24, 2.45) is 7.05 Å². The number of anilines is 1. The van der Waals surface area contributed by atoms with E-state index in [1.807, 2.05) is 37.3 Å². The van der Waals surface area contributed by atoms with Crippen LogP contribution in [0.4, 0.5) is 5.69 Å². The number of benzene rings is 1. The van der Waals surface area contributed by atoms with E-state index in [0.717, 1.165) is 23.1 Å². The van der Waals surface area contributed by atoms with Crippen molar-refractivity contribution < 1.29 is 9.90 Å². The molecule has 0 saturated carbocycles. The zero-order valence-corrected chi connectivity index (χ0v) is 14.6. The minimum Gasteiger partial charge on any atom is -0.481 e. The number of rotatable bonds is 4. The van der Waals surface area contributed by atoms with Gasteiger partial charge in [0.2, 0.25) is 0 Å². The van der Waals surface area contributed by atoms with Crippen LogP contribution in [0.15, 0.2) is 35.1 Å². The van der Waals surface area contributed by atoms with Gasteiger partial charge in [-0.25, -0.2) is 4.68 Å². The lowest BCUT2D eigenvalue weighted by molar-refractivity contribution is -0.133. The highest BCUT2D eigenvalue weighted by molar-refractivity contribution is 8.23. The monoisotopic (exact) mass is 351 g/mol. The predicted molar refractivity (Wildman–Crippen MR) is 96.8 cm³/mol. The number of thioether (sulfide) groups is 1. The van der Waals surface area contributed by atoms with Crippen molar-refractivity contribution in [3.63, 3.8) is 0 Å². The summed E-state index contributed by atoms with van der Waals surface area (Å²) in [5, 5.41) is 8.75. The molecule has 0 aliphatic carbocycles. The fraction of sp³-hybridized carbons (Fsp3) is 0.267. The third-order valence-electron chi connectivity index (χ3n) is 3.45. The van der Waals surface area contributed by atoms with Crippen molar-refractivity contribution >= 4 is 40.0 Å². The van der Waals surface area contributed by atoms with Crippen LogP contribution in [0.2, 0.25) is 0 Å². The summed E-state index contributed by atoms with van der Waals surface area (Å²) in [6, 6.07) is 9.31. The minimum atomic E-state index is -0.947. The Morgan fingerprint density at radius 1 is 1.35 bits per heavy atom. The van der Waals surface area contributed by atoms with Gasteiger partial charge in [0, 0.05) is 14.1 Å². The summed E-state index contributed by atoms with van der Waals surface area (Å²) in [6.45, 7) is 1.83. The van der Waals surface area contributed by atoms with Crippen LogP contribution in [0.25, 0.3) is 5.69 Å². The van der Waals surface area contributed by atoms with Gasteiger partial charge in [-0.1, -0.05) is 42.2 Å². The van der Waals surface area contributed by atoms with Gasteiger partial charge in [0.05, 0.1) is 17.1 Å². The number of hydrogen-bond donors (Lipinski definition) is 1. The molecule has 0 unspecified atom stereocenters. The number of aliphatic carboxylic acids is 1. The lowest BCUT2D eigenvalue weighted by Gasteiger charge is -2.17. The topological polar surface area (TPSA) is 67.5 Å². The van der Waals surface area contributed by atoms with Crippen LogP contribution in [-0.2, 0) is 11.8 Å². The highest BCUT2D eigenvalue weighted by Gasteiger charge is 2.22. The van der Waals surface area contributed by atoms with Crippen molar-refractivity contribution in [2.45, 2.75) is 6.92 Å². The molecule has 23 heavy (non-hydrogen) atoms. The first kappa shape index (κ1) is 17.3. The second-order valence-corrected chi connectivity index (χ2v) is 6.53. The highest BCUT2D eigenvalue weighted by atomic mass is 32.2. The average molecular weight is 351 g/mol. The maximum absolute atomic E-state index is 12.8. The molecule has 1 aromatic heterocycles. The third-order valence-corrected chi connectivity index (χ3v) is 4.99. The van der Waals surface area contributed by atoms with E-state index in [1.165, 1.54) is 0 Å². The van der Waals surface area contributed by atoms with Gasteiger partial charge in [-0.3, -0.25) is 14.3 Å². The average Bonchev–Trinajstić information content (AvgIpc) is 2.75. The van der Waals surface area contributed by atoms with E-state index in [4.69, 9.17) is 17.3 Å². The predicted octanol–water partition coefficient (Wildman–Crippen LogP) is 2.02. The van der Waals surface area contributed by atoms with Gasteiger partial charge in [-0.2, -0.15) is 0 Å². The molecule has 2 rings (SSSR count). The normalized spacial score (nSPS) is 10.6. The van der Waals surface area contributed by atoms with E-state index < -0.39 is 5.97 Å². The first-order chi connectivity index (χ1) is 10.8. The largest absolute Gasteiger partial charge is 0.481 e. The third kappa shape index (κ3) is 3.48. The van der Waals surface area contributed by atoms with Crippen molar-refractivity contribution in [3.05, 3.63) is 46.4 Å². The Bertz CT molecular complexity index is 796. The van der Waals surface area contributed by atoms with E-state index in [2.05, 4.69) is 0 Å². The van der Waals surface area contributed by atoms with Crippen LogP contribution < -0.4 is 10.5 Å². The Kier molecular flexibility index (Phi) is 5.27. The van der Waals surface area contributed by atoms with Crippen LogP contribution >= 0.6 is 24.0 Å². The fourth-order valence-corrected chi connectivity index (χ4v) is 3.05. The summed E-state index contributed by atoms with van der Waals surface area (Å²) in [7, 11) is 3.48. The number of nitrogens with zero attached hydrogens (tertiary/aromatic N) is 3. The molecule has 0 spiro atoms. The van der Waals surface area contributed by atoms with E-state index in [1.54, 1.807) is 28.4 Å². The van der Waals surface area contributed by atoms with Crippen LogP contribution in [0.1, 0.15) is 5.69 Å². The molecule has 0 atom stereocenters. The minimum absolute atomic E-state index is 0.137. The smallest absolute Gasteiger partial charge is 0.313 e. The molecule has 1 N–H and O–H groups in total. The number of aromatic nitrogens is 2. The first-order valence-corrected chi connectivity index (χ1v) is 8.20. The molecule has 1 heterocycles. The number of carboxylic acid groups (broad SMARTS) is 1. The van der Waals surface area contributed by atoms with Gasteiger partial charge in [-0.15, -0.1) is 0 Å². The van der Waals surface area contributed by atoms with Gasteiger partial charge >= 0.3 is 5.97 Å². The summed E-state index contributed by atoms with van der Waals surface area (Å²) in [5.74, 6) is -1.08. The van der Waals surface area contributed by atoms with E-state index in [-0.39, 0.29) is 11.3 Å². The Morgan fingerprint density at radius 3 is 2.52 bits per heavy atom. The summed E-state index contributed by atoms with van der Waals surface area (Å²) < 4.78 is 3.66. The molecule has 122 valence electrons. The zero-order valence-electron chi connectivity index (χ0n) is 13.0. The highest BCUT2D eigenvalue weighted by Crippen LogP contribution is 2.20. The second kappa shape index (κ2) is 7.01. The van der Waals surface area contributed by atoms with E-state index in [0.29, 0.717) is 10.0 Å². The molecule has 8 heteroatoms. The molecule has 0 aliphatic rings. The van der Waals surface area contributed by atoms with E-state index in [9.17, 15) is 9.59 Å². The summed E-state index contributed by atoms with van der Waals surface area (Å²) >= 11 is 6.25. The standard InChI is InChI=1S/C15H17N3O3S2/c1-10-13(16(2)15(22)23-9-12(19)20)14(21)18(17(10)3)11-7-5-4-6-8-11/h4-8H,9H2,1-3H3,(H,19,20).